The maximum atomic E-state index is 12.9. The lowest BCUT2D eigenvalue weighted by Gasteiger charge is -2.32. The van der Waals surface area contributed by atoms with E-state index in [2.05, 4.69) is 10.4 Å². The second-order valence-corrected chi connectivity index (χ2v) is 7.44. The van der Waals surface area contributed by atoms with Crippen LogP contribution in [0.4, 0.5) is 0 Å². The van der Waals surface area contributed by atoms with Gasteiger partial charge in [0.2, 0.25) is 0 Å². The molecule has 0 spiro atoms. The van der Waals surface area contributed by atoms with Gasteiger partial charge < -0.3 is 16.0 Å². The van der Waals surface area contributed by atoms with Gasteiger partial charge in [-0.05, 0) is 50.3 Å². The highest BCUT2D eigenvalue weighted by Gasteiger charge is 2.28. The molecular formula is C20H26ClN5O2. The Morgan fingerprint density at radius 1 is 1.11 bits per heavy atom. The summed E-state index contributed by atoms with van der Waals surface area (Å²) in [5.74, 6) is 0.111. The fourth-order valence-electron chi connectivity index (χ4n) is 3.53. The maximum absolute atomic E-state index is 12.9. The molecule has 0 radical (unpaired) electrons. The van der Waals surface area contributed by atoms with E-state index in [9.17, 15) is 9.59 Å². The molecule has 2 amide bonds. The molecule has 28 heavy (non-hydrogen) atoms. The van der Waals surface area contributed by atoms with E-state index in [4.69, 9.17) is 5.73 Å². The van der Waals surface area contributed by atoms with Crippen molar-refractivity contribution < 1.29 is 9.59 Å². The van der Waals surface area contributed by atoms with E-state index in [0.29, 0.717) is 24.8 Å². The zero-order valence-electron chi connectivity index (χ0n) is 15.7. The molecule has 1 aromatic heterocycles. The fourth-order valence-corrected chi connectivity index (χ4v) is 3.53. The molecule has 1 saturated heterocycles. The molecule has 1 aromatic carbocycles. The predicted octanol–water partition coefficient (Wildman–Crippen LogP) is 2.00. The number of primary amides is 1. The smallest absolute Gasteiger partial charge is 0.274 e. The number of carbonyl (C=O) groups is 2. The third-order valence-corrected chi connectivity index (χ3v) is 5.36. The van der Waals surface area contributed by atoms with Crippen LogP contribution in [0.1, 0.15) is 46.7 Å². The van der Waals surface area contributed by atoms with E-state index in [-0.39, 0.29) is 29.7 Å². The number of carbonyl (C=O) groups excluding carboxylic acids is 2. The predicted molar refractivity (Wildman–Crippen MR) is 109 cm³/mol. The third kappa shape index (κ3) is 4.54. The molecule has 0 bridgehead atoms. The van der Waals surface area contributed by atoms with Gasteiger partial charge in [0.25, 0.3) is 11.8 Å². The molecule has 2 aromatic rings. The standard InChI is InChI=1S/C20H25N5O2.ClH/c21-19(26)18-12-17(23-25(18)16-4-2-1-3-5-16)20(27)24-10-8-15(9-11-24)22-13-14-6-7-14;/h1-5,12,14-15,22H,6-11,13H2,(H2,21,26);1H. The van der Waals surface area contributed by atoms with Crippen LogP contribution >= 0.6 is 12.4 Å². The van der Waals surface area contributed by atoms with Crippen LogP contribution in [0.25, 0.3) is 5.69 Å². The van der Waals surface area contributed by atoms with Crippen LogP contribution in [0.5, 0.6) is 0 Å². The minimum Gasteiger partial charge on any atom is -0.364 e. The van der Waals surface area contributed by atoms with E-state index in [0.717, 1.165) is 25.3 Å². The number of hydrogen-bond donors (Lipinski definition) is 2. The Labute approximate surface area is 170 Å². The number of nitrogens with one attached hydrogen (secondary N) is 1. The van der Waals surface area contributed by atoms with Gasteiger partial charge in [0.1, 0.15) is 5.69 Å². The Bertz CT molecular complexity index is 826. The highest BCUT2D eigenvalue weighted by Crippen LogP contribution is 2.28. The molecular weight excluding hydrogens is 378 g/mol. The van der Waals surface area contributed by atoms with Crippen molar-refractivity contribution in [3.63, 3.8) is 0 Å². The lowest BCUT2D eigenvalue weighted by molar-refractivity contribution is 0.0698. The van der Waals surface area contributed by atoms with Gasteiger partial charge in [-0.15, -0.1) is 12.4 Å². The molecule has 1 aliphatic heterocycles. The molecule has 1 saturated carbocycles. The summed E-state index contributed by atoms with van der Waals surface area (Å²) in [7, 11) is 0. The van der Waals surface area contributed by atoms with E-state index in [1.165, 1.54) is 23.6 Å². The lowest BCUT2D eigenvalue weighted by Crippen LogP contribution is -2.45. The molecule has 2 heterocycles. The summed E-state index contributed by atoms with van der Waals surface area (Å²) in [6, 6.07) is 11.2. The molecule has 1 aliphatic carbocycles. The number of aromatic nitrogens is 2. The first-order valence-electron chi connectivity index (χ1n) is 9.60. The average Bonchev–Trinajstić information content (AvgIpc) is 3.42. The van der Waals surface area contributed by atoms with E-state index in [1.807, 2.05) is 35.2 Å². The van der Waals surface area contributed by atoms with E-state index < -0.39 is 5.91 Å². The number of rotatable bonds is 6. The number of nitrogens with two attached hydrogens (primary N) is 1. The molecule has 2 aliphatic rings. The quantitative estimate of drug-likeness (QED) is 0.771. The van der Waals surface area contributed by atoms with Crippen molar-refractivity contribution in [1.29, 1.82) is 0 Å². The number of hydrogen-bond acceptors (Lipinski definition) is 4. The maximum Gasteiger partial charge on any atom is 0.274 e. The number of amides is 2. The first kappa shape index (κ1) is 20.4. The largest absolute Gasteiger partial charge is 0.364 e. The Hall–Kier alpha value is -2.38. The Kier molecular flexibility index (Phi) is 6.36. The Morgan fingerprint density at radius 2 is 1.79 bits per heavy atom. The van der Waals surface area contributed by atoms with Gasteiger partial charge in [0, 0.05) is 25.2 Å². The number of piperidine rings is 1. The number of benzene rings is 1. The van der Waals surface area contributed by atoms with E-state index in [1.54, 1.807) is 0 Å². The van der Waals surface area contributed by atoms with Crippen molar-refractivity contribution in [2.75, 3.05) is 19.6 Å². The van der Waals surface area contributed by atoms with Crippen LogP contribution in [0.2, 0.25) is 0 Å². The van der Waals surface area contributed by atoms with Crippen LogP contribution in [-0.2, 0) is 0 Å². The van der Waals surface area contributed by atoms with Crippen molar-refractivity contribution >= 4 is 24.2 Å². The van der Waals surface area contributed by atoms with Crippen molar-refractivity contribution in [2.45, 2.75) is 31.7 Å². The van der Waals surface area contributed by atoms with E-state index >= 15 is 0 Å². The first-order valence-corrected chi connectivity index (χ1v) is 9.60. The second kappa shape index (κ2) is 8.75. The number of halogens is 1. The fraction of sp³-hybridized carbons (Fsp3) is 0.450. The van der Waals surface area contributed by atoms with Crippen LogP contribution in [0.15, 0.2) is 36.4 Å². The van der Waals surface area contributed by atoms with Crippen LogP contribution < -0.4 is 11.1 Å². The second-order valence-electron chi connectivity index (χ2n) is 7.44. The molecule has 3 N–H and O–H groups in total. The van der Waals surface area contributed by atoms with Crippen molar-refractivity contribution in [2.24, 2.45) is 11.7 Å². The summed E-state index contributed by atoms with van der Waals surface area (Å²) in [6.45, 7) is 2.50. The molecule has 2 fully saturated rings. The third-order valence-electron chi connectivity index (χ3n) is 5.36. The number of nitrogens with zero attached hydrogens (tertiary/aromatic N) is 3. The van der Waals surface area contributed by atoms with Crippen molar-refractivity contribution in [3.8, 4) is 5.69 Å². The average molecular weight is 404 g/mol. The van der Waals surface area contributed by atoms with Gasteiger partial charge >= 0.3 is 0 Å². The topological polar surface area (TPSA) is 93.2 Å². The monoisotopic (exact) mass is 403 g/mol. The van der Waals surface area contributed by atoms with Crippen LogP contribution in [-0.4, -0.2) is 52.2 Å². The first-order chi connectivity index (χ1) is 13.1. The number of para-hydroxylation sites is 1. The number of likely N-dealkylation sites (tertiary alicyclic amines) is 1. The summed E-state index contributed by atoms with van der Waals surface area (Å²) in [6.07, 6.45) is 4.58. The zero-order valence-corrected chi connectivity index (χ0v) is 16.5. The van der Waals surface area contributed by atoms with Crippen LogP contribution in [0.3, 0.4) is 0 Å². The Balaban J connectivity index is 0.00000225. The molecule has 8 heteroatoms. The summed E-state index contributed by atoms with van der Waals surface area (Å²) in [4.78, 5) is 26.5. The van der Waals surface area contributed by atoms with Crippen molar-refractivity contribution in [1.82, 2.24) is 20.0 Å². The SMILES string of the molecule is Cl.NC(=O)c1cc(C(=O)N2CCC(NCC3CC3)CC2)nn1-c1ccccc1. The van der Waals surface area contributed by atoms with Gasteiger partial charge in [0.15, 0.2) is 5.69 Å². The van der Waals surface area contributed by atoms with Gasteiger partial charge in [-0.1, -0.05) is 18.2 Å². The molecule has 0 atom stereocenters. The normalized spacial score (nSPS) is 17.2. The Morgan fingerprint density at radius 3 is 2.39 bits per heavy atom. The van der Waals surface area contributed by atoms with Gasteiger partial charge in [-0.3, -0.25) is 9.59 Å². The summed E-state index contributed by atoms with van der Waals surface area (Å²) in [5.41, 5.74) is 6.67. The minimum absolute atomic E-state index is 0. The molecule has 7 nitrogen and oxygen atoms in total. The summed E-state index contributed by atoms with van der Waals surface area (Å²) >= 11 is 0. The van der Waals surface area contributed by atoms with Crippen LogP contribution in [0, 0.1) is 5.92 Å². The van der Waals surface area contributed by atoms with Gasteiger partial charge in [-0.2, -0.15) is 5.10 Å². The molecule has 4 rings (SSSR count). The van der Waals surface area contributed by atoms with Crippen molar-refractivity contribution in [3.05, 3.63) is 47.8 Å². The summed E-state index contributed by atoms with van der Waals surface area (Å²) < 4.78 is 1.44. The lowest BCUT2D eigenvalue weighted by atomic mass is 10.0. The highest BCUT2D eigenvalue weighted by molar-refractivity contribution is 5.97. The molecule has 150 valence electrons. The zero-order chi connectivity index (χ0) is 18.8. The van der Waals surface area contributed by atoms with Gasteiger partial charge in [0.05, 0.1) is 5.69 Å². The minimum atomic E-state index is -0.603. The highest BCUT2D eigenvalue weighted by atomic mass is 35.5. The summed E-state index contributed by atoms with van der Waals surface area (Å²) in [5, 5.41) is 7.99. The van der Waals surface area contributed by atoms with Gasteiger partial charge in [-0.25, -0.2) is 4.68 Å². The molecule has 0 unspecified atom stereocenters.